The lowest BCUT2D eigenvalue weighted by atomic mass is 10.3. The number of carbonyl (C=O) groups is 1. The molecule has 0 aliphatic carbocycles. The number of rotatable bonds is 1. The van der Waals surface area contributed by atoms with Crippen molar-refractivity contribution in [2.24, 2.45) is 0 Å². The third kappa shape index (κ3) is 1.10. The Morgan fingerprint density at radius 3 is 2.80 bits per heavy atom. The largest absolute Gasteiger partial charge is 0.397 e. The molecule has 0 aliphatic heterocycles. The molecule has 0 fully saturated rings. The number of anilines is 1. The third-order valence-corrected chi connectivity index (χ3v) is 1.16. The maximum absolute atomic E-state index is 10.1. The molecule has 4 nitrogen and oxygen atoms in total. The highest BCUT2D eigenvalue weighted by Crippen LogP contribution is 2.04. The lowest BCUT2D eigenvalue weighted by Gasteiger charge is -1.95. The SMILES string of the molecule is Cc1nnc(C=O)cc1N. The van der Waals surface area contributed by atoms with E-state index in [4.69, 9.17) is 5.73 Å². The van der Waals surface area contributed by atoms with E-state index in [0.717, 1.165) is 0 Å². The van der Waals surface area contributed by atoms with Crippen LogP contribution in [0, 0.1) is 6.92 Å². The fraction of sp³-hybridized carbons (Fsp3) is 0.167. The fourth-order valence-electron chi connectivity index (χ4n) is 0.541. The summed E-state index contributed by atoms with van der Waals surface area (Å²) in [6.45, 7) is 1.73. The second-order valence-corrected chi connectivity index (χ2v) is 1.93. The van der Waals surface area contributed by atoms with Gasteiger partial charge in [0, 0.05) is 0 Å². The van der Waals surface area contributed by atoms with Gasteiger partial charge in [-0.25, -0.2) is 0 Å². The zero-order chi connectivity index (χ0) is 7.56. The molecule has 52 valence electrons. The van der Waals surface area contributed by atoms with Crippen LogP contribution in [0.15, 0.2) is 6.07 Å². The van der Waals surface area contributed by atoms with E-state index in [1.165, 1.54) is 6.07 Å². The van der Waals surface area contributed by atoms with E-state index in [9.17, 15) is 4.79 Å². The molecule has 0 atom stereocenters. The molecule has 2 N–H and O–H groups in total. The van der Waals surface area contributed by atoms with Gasteiger partial charge in [-0.05, 0) is 13.0 Å². The first-order valence-electron chi connectivity index (χ1n) is 2.79. The standard InChI is InChI=1S/C6H7N3O/c1-4-6(7)2-5(3-10)9-8-4/h2-3H,1H3,(H2,7,9). The van der Waals surface area contributed by atoms with Crippen LogP contribution in [0.1, 0.15) is 16.2 Å². The maximum Gasteiger partial charge on any atom is 0.170 e. The number of aldehydes is 1. The molecular formula is C6H7N3O. The molecule has 10 heavy (non-hydrogen) atoms. The van der Waals surface area contributed by atoms with E-state index in [2.05, 4.69) is 10.2 Å². The van der Waals surface area contributed by atoms with Gasteiger partial charge >= 0.3 is 0 Å². The van der Waals surface area contributed by atoms with Crippen LogP contribution in [0.25, 0.3) is 0 Å². The summed E-state index contributed by atoms with van der Waals surface area (Å²) in [6.07, 6.45) is 0.614. The second kappa shape index (κ2) is 2.43. The number of nitrogens with two attached hydrogens (primary N) is 1. The minimum Gasteiger partial charge on any atom is -0.397 e. The van der Waals surface area contributed by atoms with Gasteiger partial charge in [0.25, 0.3) is 0 Å². The van der Waals surface area contributed by atoms with E-state index in [1.807, 2.05) is 0 Å². The normalized spacial score (nSPS) is 9.30. The molecule has 0 saturated carbocycles. The molecule has 0 unspecified atom stereocenters. The van der Waals surface area contributed by atoms with E-state index < -0.39 is 0 Å². The molecule has 0 spiro atoms. The molecule has 0 amide bonds. The monoisotopic (exact) mass is 137 g/mol. The van der Waals surface area contributed by atoms with Crippen LogP contribution in [0.2, 0.25) is 0 Å². The number of aryl methyl sites for hydroxylation is 1. The van der Waals surface area contributed by atoms with Crippen molar-refractivity contribution in [3.63, 3.8) is 0 Å². The Labute approximate surface area is 58.1 Å². The van der Waals surface area contributed by atoms with Gasteiger partial charge in [0.15, 0.2) is 6.29 Å². The molecule has 0 bridgehead atoms. The molecule has 1 aromatic heterocycles. The summed E-state index contributed by atoms with van der Waals surface area (Å²) in [5.41, 5.74) is 6.84. The van der Waals surface area contributed by atoms with Crippen molar-refractivity contribution >= 4 is 12.0 Å². The average molecular weight is 137 g/mol. The molecule has 0 aromatic carbocycles. The number of carbonyl (C=O) groups excluding carboxylic acids is 1. The van der Waals surface area contributed by atoms with Crippen molar-refractivity contribution < 1.29 is 4.79 Å². The molecular weight excluding hydrogens is 130 g/mol. The number of hydrogen-bond donors (Lipinski definition) is 1. The van der Waals surface area contributed by atoms with Crippen LogP contribution < -0.4 is 5.73 Å². The van der Waals surface area contributed by atoms with Gasteiger partial charge in [0.05, 0.1) is 11.4 Å². The van der Waals surface area contributed by atoms with Gasteiger partial charge in [-0.1, -0.05) is 0 Å². The zero-order valence-electron chi connectivity index (χ0n) is 5.53. The molecule has 1 rings (SSSR count). The highest BCUT2D eigenvalue weighted by molar-refractivity contribution is 5.73. The number of aromatic nitrogens is 2. The first-order valence-corrected chi connectivity index (χ1v) is 2.79. The zero-order valence-corrected chi connectivity index (χ0v) is 5.53. The van der Waals surface area contributed by atoms with Crippen LogP contribution in [0.5, 0.6) is 0 Å². The van der Waals surface area contributed by atoms with E-state index in [-0.39, 0.29) is 5.69 Å². The predicted octanol–water partition coefficient (Wildman–Crippen LogP) is 0.180. The molecule has 0 aliphatic rings. The fourth-order valence-corrected chi connectivity index (χ4v) is 0.541. The minimum atomic E-state index is 0.267. The van der Waals surface area contributed by atoms with Crippen molar-refractivity contribution in [3.05, 3.63) is 17.5 Å². The Hall–Kier alpha value is -1.45. The Bertz CT molecular complexity index is 259. The van der Waals surface area contributed by atoms with Gasteiger partial charge in [-0.2, -0.15) is 5.10 Å². The summed E-state index contributed by atoms with van der Waals surface area (Å²) < 4.78 is 0. The summed E-state index contributed by atoms with van der Waals surface area (Å²) in [5, 5.41) is 7.20. The van der Waals surface area contributed by atoms with Crippen molar-refractivity contribution in [2.45, 2.75) is 6.92 Å². The summed E-state index contributed by atoms with van der Waals surface area (Å²) >= 11 is 0. The van der Waals surface area contributed by atoms with Gasteiger partial charge in [-0.15, -0.1) is 5.10 Å². The minimum absolute atomic E-state index is 0.267. The van der Waals surface area contributed by atoms with Crippen molar-refractivity contribution in [1.29, 1.82) is 0 Å². The molecule has 1 heterocycles. The third-order valence-electron chi connectivity index (χ3n) is 1.16. The Balaban J connectivity index is 3.16. The quantitative estimate of drug-likeness (QED) is 0.560. The molecule has 4 heteroatoms. The van der Waals surface area contributed by atoms with Gasteiger partial charge in [-0.3, -0.25) is 4.79 Å². The van der Waals surface area contributed by atoms with E-state index >= 15 is 0 Å². The molecule has 0 saturated heterocycles. The van der Waals surface area contributed by atoms with Crippen LogP contribution in [-0.2, 0) is 0 Å². The average Bonchev–Trinajstić information content (AvgIpc) is 1.95. The maximum atomic E-state index is 10.1. The van der Waals surface area contributed by atoms with Gasteiger partial charge in [0.2, 0.25) is 0 Å². The summed E-state index contributed by atoms with van der Waals surface area (Å²) in [6, 6.07) is 1.50. The van der Waals surface area contributed by atoms with E-state index in [1.54, 1.807) is 6.92 Å². The topological polar surface area (TPSA) is 68.9 Å². The second-order valence-electron chi connectivity index (χ2n) is 1.93. The first-order chi connectivity index (χ1) is 4.74. The van der Waals surface area contributed by atoms with Crippen molar-refractivity contribution in [3.8, 4) is 0 Å². The predicted molar refractivity (Wildman–Crippen MR) is 36.6 cm³/mol. The summed E-state index contributed by atoms with van der Waals surface area (Å²) in [7, 11) is 0. The number of nitrogen functional groups attached to an aromatic ring is 1. The number of nitrogens with zero attached hydrogens (tertiary/aromatic N) is 2. The summed E-state index contributed by atoms with van der Waals surface area (Å²) in [4.78, 5) is 10.1. The van der Waals surface area contributed by atoms with Crippen LogP contribution in [0.4, 0.5) is 5.69 Å². The van der Waals surface area contributed by atoms with Crippen LogP contribution in [0.3, 0.4) is 0 Å². The highest BCUT2D eigenvalue weighted by atomic mass is 16.1. The van der Waals surface area contributed by atoms with Crippen molar-refractivity contribution in [2.75, 3.05) is 5.73 Å². The Morgan fingerprint density at radius 1 is 1.60 bits per heavy atom. The molecule has 0 radical (unpaired) electrons. The van der Waals surface area contributed by atoms with Gasteiger partial charge in [0.1, 0.15) is 5.69 Å². The van der Waals surface area contributed by atoms with Crippen LogP contribution in [-0.4, -0.2) is 16.5 Å². The molecule has 1 aromatic rings. The number of hydrogen-bond acceptors (Lipinski definition) is 4. The van der Waals surface area contributed by atoms with Crippen LogP contribution >= 0.6 is 0 Å². The van der Waals surface area contributed by atoms with Gasteiger partial charge < -0.3 is 5.73 Å². The summed E-state index contributed by atoms with van der Waals surface area (Å²) in [5.74, 6) is 0. The smallest absolute Gasteiger partial charge is 0.170 e. The Kier molecular flexibility index (Phi) is 1.62. The lowest BCUT2D eigenvalue weighted by Crippen LogP contribution is -1.98. The lowest BCUT2D eigenvalue weighted by molar-refractivity contribution is 0.111. The van der Waals surface area contributed by atoms with Crippen molar-refractivity contribution in [1.82, 2.24) is 10.2 Å². The highest BCUT2D eigenvalue weighted by Gasteiger charge is 1.96. The van der Waals surface area contributed by atoms with E-state index in [0.29, 0.717) is 17.7 Å². The Morgan fingerprint density at radius 2 is 2.30 bits per heavy atom. The first kappa shape index (κ1) is 6.67.